The topological polar surface area (TPSA) is 90.5 Å². The minimum absolute atomic E-state index is 0.0169. The Balaban J connectivity index is 1.43. The SMILES string of the molecule is O=C(c1cnc2[nH]ccc2c1)N1C[C@@H]2[C@H](CO)[C@H]3CNC[C@]2(C1)O3. The van der Waals surface area contributed by atoms with Gasteiger partial charge in [0.15, 0.2) is 0 Å². The third kappa shape index (κ3) is 1.89. The van der Waals surface area contributed by atoms with E-state index >= 15 is 0 Å². The predicted molar refractivity (Wildman–Crippen MR) is 86.5 cm³/mol. The second kappa shape index (κ2) is 5.02. The number of amides is 1. The summed E-state index contributed by atoms with van der Waals surface area (Å²) in [6.07, 6.45) is 3.50. The lowest BCUT2D eigenvalue weighted by Crippen LogP contribution is -2.52. The molecular formula is C17H20N4O3. The Labute approximate surface area is 139 Å². The molecule has 3 aliphatic rings. The molecule has 4 atom stereocenters. The van der Waals surface area contributed by atoms with Gasteiger partial charge in [-0.05, 0) is 12.1 Å². The van der Waals surface area contributed by atoms with Crippen LogP contribution in [0.2, 0.25) is 0 Å². The molecule has 5 rings (SSSR count). The number of aromatic amines is 1. The molecule has 3 aliphatic heterocycles. The highest BCUT2D eigenvalue weighted by atomic mass is 16.5. The van der Waals surface area contributed by atoms with E-state index in [9.17, 15) is 9.90 Å². The molecule has 0 aliphatic carbocycles. The van der Waals surface area contributed by atoms with E-state index in [1.165, 1.54) is 0 Å². The van der Waals surface area contributed by atoms with E-state index in [1.54, 1.807) is 6.20 Å². The standard InChI is InChI=1S/C17H20N4O3/c22-7-12-13-6-21(9-17(13)8-18-5-14(12)24-17)16(23)11-3-10-1-2-19-15(10)20-4-11/h1-4,12-14,18,22H,5-9H2,(H,19,20)/t12-,13+,14+,17+/m0/s1. The fraction of sp³-hybridized carbons (Fsp3) is 0.529. The summed E-state index contributed by atoms with van der Waals surface area (Å²) in [6, 6.07) is 3.79. The van der Waals surface area contributed by atoms with Gasteiger partial charge in [-0.15, -0.1) is 0 Å². The Kier molecular flexibility index (Phi) is 3.01. The van der Waals surface area contributed by atoms with Gasteiger partial charge in [-0.2, -0.15) is 0 Å². The van der Waals surface area contributed by atoms with Gasteiger partial charge < -0.3 is 25.0 Å². The van der Waals surface area contributed by atoms with Crippen molar-refractivity contribution in [2.24, 2.45) is 11.8 Å². The van der Waals surface area contributed by atoms with Gasteiger partial charge in [0.1, 0.15) is 11.2 Å². The molecule has 3 saturated heterocycles. The smallest absolute Gasteiger partial charge is 0.255 e. The van der Waals surface area contributed by atoms with Crippen molar-refractivity contribution >= 4 is 16.9 Å². The molecule has 0 saturated carbocycles. The maximum Gasteiger partial charge on any atom is 0.255 e. The molecule has 1 spiro atoms. The number of morpholine rings is 1. The van der Waals surface area contributed by atoms with Crippen LogP contribution in [-0.2, 0) is 4.74 Å². The molecular weight excluding hydrogens is 308 g/mol. The summed E-state index contributed by atoms with van der Waals surface area (Å²) in [7, 11) is 0. The highest BCUT2D eigenvalue weighted by Crippen LogP contribution is 2.47. The predicted octanol–water partition coefficient (Wildman–Crippen LogP) is -0.0158. The van der Waals surface area contributed by atoms with Gasteiger partial charge in [0.2, 0.25) is 0 Å². The second-order valence-electron chi connectivity index (χ2n) is 7.13. The normalized spacial score (nSPS) is 34.7. The number of nitrogens with zero attached hydrogens (tertiary/aromatic N) is 2. The molecule has 2 aromatic heterocycles. The first-order valence-electron chi connectivity index (χ1n) is 8.42. The number of aliphatic hydroxyl groups excluding tert-OH is 1. The van der Waals surface area contributed by atoms with E-state index < -0.39 is 0 Å². The molecule has 1 amide bonds. The number of aliphatic hydroxyl groups is 1. The van der Waals surface area contributed by atoms with E-state index in [4.69, 9.17) is 4.74 Å². The molecule has 0 radical (unpaired) electrons. The number of aromatic nitrogens is 2. The summed E-state index contributed by atoms with van der Waals surface area (Å²) >= 11 is 0. The number of nitrogens with one attached hydrogen (secondary N) is 2. The zero-order valence-electron chi connectivity index (χ0n) is 13.2. The summed E-state index contributed by atoms with van der Waals surface area (Å²) in [5.41, 5.74) is 1.03. The van der Waals surface area contributed by atoms with Crippen LogP contribution in [0.1, 0.15) is 10.4 Å². The Hall–Kier alpha value is -1.96. The van der Waals surface area contributed by atoms with Crippen molar-refractivity contribution in [1.82, 2.24) is 20.2 Å². The van der Waals surface area contributed by atoms with Gasteiger partial charge in [-0.3, -0.25) is 4.79 Å². The molecule has 2 bridgehead atoms. The van der Waals surface area contributed by atoms with E-state index in [2.05, 4.69) is 15.3 Å². The van der Waals surface area contributed by atoms with Gasteiger partial charge in [0, 0.05) is 55.9 Å². The molecule has 0 aromatic carbocycles. The van der Waals surface area contributed by atoms with Gasteiger partial charge >= 0.3 is 0 Å². The zero-order chi connectivity index (χ0) is 16.3. The van der Waals surface area contributed by atoms with Crippen LogP contribution >= 0.6 is 0 Å². The first kappa shape index (κ1) is 14.4. The van der Waals surface area contributed by atoms with Crippen molar-refractivity contribution in [1.29, 1.82) is 0 Å². The maximum absolute atomic E-state index is 12.9. The number of hydrogen-bond donors (Lipinski definition) is 3. The fourth-order valence-corrected chi connectivity index (χ4v) is 4.69. The summed E-state index contributed by atoms with van der Waals surface area (Å²) in [4.78, 5) is 22.1. The van der Waals surface area contributed by atoms with E-state index in [-0.39, 0.29) is 36.1 Å². The Bertz CT molecular complexity index is 806. The second-order valence-corrected chi connectivity index (χ2v) is 7.13. The third-order valence-corrected chi connectivity index (χ3v) is 5.85. The van der Waals surface area contributed by atoms with Crippen LogP contribution in [-0.4, -0.2) is 70.4 Å². The monoisotopic (exact) mass is 328 g/mol. The lowest BCUT2D eigenvalue weighted by Gasteiger charge is -2.33. The molecule has 2 aromatic rings. The van der Waals surface area contributed by atoms with Gasteiger partial charge in [0.25, 0.3) is 5.91 Å². The minimum Gasteiger partial charge on any atom is -0.396 e. The van der Waals surface area contributed by atoms with Crippen LogP contribution in [0.4, 0.5) is 0 Å². The first-order chi connectivity index (χ1) is 11.7. The molecule has 24 heavy (non-hydrogen) atoms. The average molecular weight is 328 g/mol. The molecule has 126 valence electrons. The van der Waals surface area contributed by atoms with Crippen molar-refractivity contribution < 1.29 is 14.6 Å². The fourth-order valence-electron chi connectivity index (χ4n) is 4.69. The highest BCUT2D eigenvalue weighted by molar-refractivity contribution is 5.97. The summed E-state index contributed by atoms with van der Waals surface area (Å²) in [6.45, 7) is 2.84. The summed E-state index contributed by atoms with van der Waals surface area (Å²) < 4.78 is 6.25. The van der Waals surface area contributed by atoms with Crippen LogP contribution in [0, 0.1) is 11.8 Å². The lowest BCUT2D eigenvalue weighted by molar-refractivity contribution is -0.0726. The van der Waals surface area contributed by atoms with E-state index in [0.29, 0.717) is 18.7 Å². The number of H-pyrrole nitrogens is 1. The van der Waals surface area contributed by atoms with Crippen LogP contribution in [0.25, 0.3) is 11.0 Å². The number of pyridine rings is 1. The number of carbonyl (C=O) groups is 1. The van der Waals surface area contributed by atoms with Crippen molar-refractivity contribution in [2.45, 2.75) is 11.7 Å². The van der Waals surface area contributed by atoms with Gasteiger partial charge in [-0.25, -0.2) is 4.98 Å². The van der Waals surface area contributed by atoms with Gasteiger partial charge in [0.05, 0.1) is 18.2 Å². The largest absolute Gasteiger partial charge is 0.396 e. The van der Waals surface area contributed by atoms with Crippen molar-refractivity contribution in [3.8, 4) is 0 Å². The number of carbonyl (C=O) groups excluding carboxylic acids is 1. The zero-order valence-corrected chi connectivity index (χ0v) is 13.2. The minimum atomic E-state index is -0.350. The number of fused-ring (bicyclic) bond motifs is 2. The quantitative estimate of drug-likeness (QED) is 0.721. The maximum atomic E-state index is 12.9. The van der Waals surface area contributed by atoms with E-state index in [1.807, 2.05) is 23.2 Å². The van der Waals surface area contributed by atoms with Crippen LogP contribution in [0.3, 0.4) is 0 Å². The Morgan fingerprint density at radius 3 is 3.33 bits per heavy atom. The van der Waals surface area contributed by atoms with Gasteiger partial charge in [-0.1, -0.05) is 0 Å². The first-order valence-corrected chi connectivity index (χ1v) is 8.42. The Morgan fingerprint density at radius 2 is 2.46 bits per heavy atom. The third-order valence-electron chi connectivity index (χ3n) is 5.85. The van der Waals surface area contributed by atoms with E-state index in [0.717, 1.165) is 24.1 Å². The molecule has 3 fully saturated rings. The molecule has 7 nitrogen and oxygen atoms in total. The summed E-state index contributed by atoms with van der Waals surface area (Å²) in [5, 5.41) is 14.1. The van der Waals surface area contributed by atoms with Crippen LogP contribution < -0.4 is 5.32 Å². The molecule has 7 heteroatoms. The average Bonchev–Trinajstić information content (AvgIpc) is 3.24. The number of hydrogen-bond acceptors (Lipinski definition) is 5. The Morgan fingerprint density at radius 1 is 1.54 bits per heavy atom. The van der Waals surface area contributed by atoms with Crippen LogP contribution in [0.15, 0.2) is 24.5 Å². The highest BCUT2D eigenvalue weighted by Gasteiger charge is 2.61. The number of rotatable bonds is 2. The van der Waals surface area contributed by atoms with Crippen molar-refractivity contribution in [3.63, 3.8) is 0 Å². The summed E-state index contributed by atoms with van der Waals surface area (Å²) in [5.74, 6) is 0.273. The molecule has 5 heterocycles. The molecule has 0 unspecified atom stereocenters. The molecule has 3 N–H and O–H groups in total. The number of ether oxygens (including phenoxy) is 1. The number of likely N-dealkylation sites (tertiary alicyclic amines) is 1. The van der Waals surface area contributed by atoms with Crippen molar-refractivity contribution in [2.75, 3.05) is 32.8 Å². The lowest BCUT2D eigenvalue weighted by atomic mass is 9.83. The van der Waals surface area contributed by atoms with Crippen molar-refractivity contribution in [3.05, 3.63) is 30.1 Å². The van der Waals surface area contributed by atoms with Crippen LogP contribution in [0.5, 0.6) is 0 Å².